The fourth-order valence-electron chi connectivity index (χ4n) is 1.89. The van der Waals surface area contributed by atoms with Crippen molar-refractivity contribution < 1.29 is 9.53 Å². The zero-order chi connectivity index (χ0) is 10.1. The molecule has 4 atom stereocenters. The molecule has 1 saturated carbocycles. The molecule has 0 radical (unpaired) electrons. The van der Waals surface area contributed by atoms with E-state index in [4.69, 9.17) is 4.74 Å². The molecule has 1 heterocycles. The van der Waals surface area contributed by atoms with Gasteiger partial charge >= 0.3 is 0 Å². The van der Waals surface area contributed by atoms with Crippen LogP contribution in [0, 0.1) is 5.92 Å². The molecule has 5 heteroatoms. The van der Waals surface area contributed by atoms with Gasteiger partial charge in [0.05, 0.1) is 12.1 Å². The Morgan fingerprint density at radius 1 is 1.47 bits per heavy atom. The number of hydrogen-bond donors (Lipinski definition) is 2. The number of nitrogens with one attached hydrogen (secondary N) is 2. The third-order valence-corrected chi connectivity index (χ3v) is 3.18. The van der Waals surface area contributed by atoms with E-state index >= 15 is 0 Å². The van der Waals surface area contributed by atoms with Crippen LogP contribution < -0.4 is 10.6 Å². The number of carbonyl (C=O) groups is 1. The summed E-state index contributed by atoms with van der Waals surface area (Å²) < 4.78 is 5.19. The smallest absolute Gasteiger partial charge is 0.237 e. The van der Waals surface area contributed by atoms with Crippen LogP contribution in [0.25, 0.3) is 0 Å². The zero-order valence-electron chi connectivity index (χ0n) is 9.16. The Bertz CT molecular complexity index is 237. The maximum absolute atomic E-state index is 11.7. The van der Waals surface area contributed by atoms with Gasteiger partial charge in [-0.3, -0.25) is 4.79 Å². The van der Waals surface area contributed by atoms with Gasteiger partial charge in [-0.1, -0.05) is 6.92 Å². The van der Waals surface area contributed by atoms with Crippen molar-refractivity contribution in [2.75, 3.05) is 13.7 Å². The molecule has 2 rings (SSSR count). The second-order valence-electron chi connectivity index (χ2n) is 4.38. The average molecular weight is 235 g/mol. The molecule has 1 aliphatic heterocycles. The molecular weight excluding hydrogens is 216 g/mol. The van der Waals surface area contributed by atoms with E-state index in [1.54, 1.807) is 7.11 Å². The summed E-state index contributed by atoms with van der Waals surface area (Å²) in [6.07, 6.45) is 2.12. The Labute approximate surface area is 96.5 Å². The van der Waals surface area contributed by atoms with Gasteiger partial charge in [-0.25, -0.2) is 0 Å². The molecule has 1 saturated heterocycles. The average Bonchev–Trinajstić information content (AvgIpc) is 2.72. The molecule has 2 fully saturated rings. The standard InChI is InChI=1S/C10H18N2O2.ClH/c1-6-3-8(6)12-10(13)9-4-7(14-2)5-11-9;/h6-9,11H,3-5H2,1-2H3,(H,12,13);1H/t6?,7-,8?,9-;/m0./s1. The predicted molar refractivity (Wildman–Crippen MR) is 60.2 cm³/mol. The number of hydrogen-bond acceptors (Lipinski definition) is 3. The Kier molecular flexibility index (Phi) is 4.37. The van der Waals surface area contributed by atoms with Crippen LogP contribution in [0.5, 0.6) is 0 Å². The summed E-state index contributed by atoms with van der Waals surface area (Å²) in [5.74, 6) is 0.803. The topological polar surface area (TPSA) is 50.4 Å². The summed E-state index contributed by atoms with van der Waals surface area (Å²) in [4.78, 5) is 11.7. The van der Waals surface area contributed by atoms with Gasteiger partial charge < -0.3 is 15.4 Å². The molecule has 0 aromatic rings. The van der Waals surface area contributed by atoms with Crippen LogP contribution in [0.2, 0.25) is 0 Å². The van der Waals surface area contributed by atoms with Crippen LogP contribution in [-0.2, 0) is 9.53 Å². The van der Waals surface area contributed by atoms with Gasteiger partial charge in [-0.15, -0.1) is 12.4 Å². The van der Waals surface area contributed by atoms with Gasteiger partial charge in [0, 0.05) is 19.7 Å². The lowest BCUT2D eigenvalue weighted by molar-refractivity contribution is -0.123. The molecule has 15 heavy (non-hydrogen) atoms. The third-order valence-electron chi connectivity index (χ3n) is 3.18. The lowest BCUT2D eigenvalue weighted by Crippen LogP contribution is -2.41. The number of rotatable bonds is 3. The largest absolute Gasteiger partial charge is 0.380 e. The summed E-state index contributed by atoms with van der Waals surface area (Å²) >= 11 is 0. The molecule has 1 amide bonds. The van der Waals surface area contributed by atoms with Gasteiger partial charge in [0.15, 0.2) is 0 Å². The highest BCUT2D eigenvalue weighted by Crippen LogP contribution is 2.29. The highest BCUT2D eigenvalue weighted by molar-refractivity contribution is 5.85. The SMILES string of the molecule is CO[C@@H]1CN[C@H](C(=O)NC2CC2C)C1.Cl. The fraction of sp³-hybridized carbons (Fsp3) is 0.900. The van der Waals surface area contributed by atoms with Crippen LogP contribution in [-0.4, -0.2) is 37.7 Å². The van der Waals surface area contributed by atoms with Crippen molar-refractivity contribution in [2.24, 2.45) is 5.92 Å². The highest BCUT2D eigenvalue weighted by Gasteiger charge is 2.37. The number of ether oxygens (including phenoxy) is 1. The Hall–Kier alpha value is -0.320. The first-order chi connectivity index (χ1) is 6.70. The lowest BCUT2D eigenvalue weighted by atomic mass is 10.2. The van der Waals surface area contributed by atoms with E-state index in [0.717, 1.165) is 19.4 Å². The van der Waals surface area contributed by atoms with Gasteiger partial charge in [0.25, 0.3) is 0 Å². The molecule has 1 aliphatic carbocycles. The minimum Gasteiger partial charge on any atom is -0.380 e. The van der Waals surface area contributed by atoms with Crippen molar-refractivity contribution in [3.05, 3.63) is 0 Å². The molecular formula is C10H19ClN2O2. The van der Waals surface area contributed by atoms with Crippen molar-refractivity contribution in [2.45, 2.75) is 38.0 Å². The summed E-state index contributed by atoms with van der Waals surface area (Å²) in [6, 6.07) is 0.374. The molecule has 88 valence electrons. The Morgan fingerprint density at radius 3 is 2.60 bits per heavy atom. The normalized spacial score (nSPS) is 38.3. The molecule has 2 aliphatic rings. The van der Waals surface area contributed by atoms with E-state index in [1.807, 2.05) is 0 Å². The monoisotopic (exact) mass is 234 g/mol. The maximum atomic E-state index is 11.7. The summed E-state index contributed by atoms with van der Waals surface area (Å²) in [5, 5.41) is 6.20. The van der Waals surface area contributed by atoms with Crippen LogP contribution in [0.15, 0.2) is 0 Å². The highest BCUT2D eigenvalue weighted by atomic mass is 35.5. The van der Waals surface area contributed by atoms with Crippen molar-refractivity contribution >= 4 is 18.3 Å². The van der Waals surface area contributed by atoms with Crippen molar-refractivity contribution in [1.29, 1.82) is 0 Å². The van der Waals surface area contributed by atoms with Crippen LogP contribution in [0.4, 0.5) is 0 Å². The molecule has 2 N–H and O–H groups in total. The molecule has 4 nitrogen and oxygen atoms in total. The lowest BCUT2D eigenvalue weighted by Gasteiger charge is -2.10. The molecule has 0 bridgehead atoms. The summed E-state index contributed by atoms with van der Waals surface area (Å²) in [5.41, 5.74) is 0. The molecule has 0 aromatic carbocycles. The Morgan fingerprint density at radius 2 is 2.13 bits per heavy atom. The van der Waals surface area contributed by atoms with E-state index in [2.05, 4.69) is 17.6 Å². The van der Waals surface area contributed by atoms with E-state index < -0.39 is 0 Å². The summed E-state index contributed by atoms with van der Waals surface area (Å²) in [6.45, 7) is 2.94. The van der Waals surface area contributed by atoms with E-state index in [1.165, 1.54) is 0 Å². The van der Waals surface area contributed by atoms with Crippen molar-refractivity contribution in [1.82, 2.24) is 10.6 Å². The minimum absolute atomic E-state index is 0. The number of amides is 1. The number of methoxy groups -OCH3 is 1. The molecule has 2 unspecified atom stereocenters. The first kappa shape index (κ1) is 12.7. The molecule has 0 spiro atoms. The second kappa shape index (κ2) is 5.14. The van der Waals surface area contributed by atoms with Crippen LogP contribution >= 0.6 is 12.4 Å². The van der Waals surface area contributed by atoms with Crippen LogP contribution in [0.3, 0.4) is 0 Å². The first-order valence-corrected chi connectivity index (χ1v) is 5.27. The van der Waals surface area contributed by atoms with Gasteiger partial charge in [-0.05, 0) is 18.8 Å². The summed E-state index contributed by atoms with van der Waals surface area (Å²) in [7, 11) is 1.69. The Balaban J connectivity index is 0.00000112. The van der Waals surface area contributed by atoms with Gasteiger partial charge in [0.2, 0.25) is 5.91 Å². The third kappa shape index (κ3) is 3.06. The first-order valence-electron chi connectivity index (χ1n) is 5.27. The van der Waals surface area contributed by atoms with Crippen LogP contribution in [0.1, 0.15) is 19.8 Å². The zero-order valence-corrected chi connectivity index (χ0v) is 9.97. The second-order valence-corrected chi connectivity index (χ2v) is 4.38. The quantitative estimate of drug-likeness (QED) is 0.739. The van der Waals surface area contributed by atoms with E-state index in [9.17, 15) is 4.79 Å². The van der Waals surface area contributed by atoms with E-state index in [0.29, 0.717) is 12.0 Å². The maximum Gasteiger partial charge on any atom is 0.237 e. The van der Waals surface area contributed by atoms with Gasteiger partial charge in [0.1, 0.15) is 0 Å². The van der Waals surface area contributed by atoms with Crippen molar-refractivity contribution in [3.8, 4) is 0 Å². The van der Waals surface area contributed by atoms with Gasteiger partial charge in [-0.2, -0.15) is 0 Å². The fourth-order valence-corrected chi connectivity index (χ4v) is 1.89. The minimum atomic E-state index is -0.0484. The van der Waals surface area contributed by atoms with Crippen molar-refractivity contribution in [3.63, 3.8) is 0 Å². The number of halogens is 1. The van der Waals surface area contributed by atoms with E-state index in [-0.39, 0.29) is 30.5 Å². The predicted octanol–water partition coefficient (Wildman–Crippen LogP) is 0.310. The molecule has 0 aromatic heterocycles. The number of carbonyl (C=O) groups excluding carboxylic acids is 1.